The zero-order valence-corrected chi connectivity index (χ0v) is 18.7. The second-order valence-corrected chi connectivity index (χ2v) is 10.0. The first kappa shape index (κ1) is 21.8. The second kappa shape index (κ2) is 8.37. The van der Waals surface area contributed by atoms with Crippen LogP contribution in [0.5, 0.6) is 5.75 Å². The first-order chi connectivity index (χ1) is 15.9. The minimum atomic E-state index is -3.54. The van der Waals surface area contributed by atoms with Crippen molar-refractivity contribution in [2.75, 3.05) is 42.1 Å². The molecule has 5 rings (SSSR count). The summed E-state index contributed by atoms with van der Waals surface area (Å²) in [5.74, 6) is -1.43. The Labute approximate surface area is 189 Å². The van der Waals surface area contributed by atoms with Gasteiger partial charge in [0.1, 0.15) is 11.4 Å². The van der Waals surface area contributed by atoms with Crippen LogP contribution in [0.1, 0.15) is 19.3 Å². The number of methoxy groups -OCH3 is 1. The maximum atomic E-state index is 14.8. The van der Waals surface area contributed by atoms with Crippen molar-refractivity contribution in [1.82, 2.24) is 24.9 Å². The van der Waals surface area contributed by atoms with Gasteiger partial charge in [-0.25, -0.2) is 36.0 Å². The van der Waals surface area contributed by atoms with Gasteiger partial charge in [0.2, 0.25) is 15.8 Å². The highest BCUT2D eigenvalue weighted by molar-refractivity contribution is 7.93. The molecule has 10 nitrogen and oxygen atoms in total. The van der Waals surface area contributed by atoms with Crippen LogP contribution in [0, 0.1) is 11.6 Å². The van der Waals surface area contributed by atoms with Crippen molar-refractivity contribution in [3.8, 4) is 17.1 Å². The summed E-state index contributed by atoms with van der Waals surface area (Å²) in [5.41, 5.74) is 0.314. The molecule has 2 aliphatic heterocycles. The molecule has 2 fully saturated rings. The normalized spacial score (nSPS) is 20.3. The third-order valence-electron chi connectivity index (χ3n) is 5.80. The number of aromatic nitrogens is 4. The predicted molar refractivity (Wildman–Crippen MR) is 118 cm³/mol. The van der Waals surface area contributed by atoms with Gasteiger partial charge in [0, 0.05) is 31.3 Å². The quantitative estimate of drug-likeness (QED) is 0.569. The van der Waals surface area contributed by atoms with Crippen LogP contribution in [0.3, 0.4) is 0 Å². The number of rotatable bonds is 5. The van der Waals surface area contributed by atoms with Gasteiger partial charge in [-0.15, -0.1) is 5.10 Å². The van der Waals surface area contributed by atoms with Gasteiger partial charge in [-0.2, -0.15) is 0 Å². The van der Waals surface area contributed by atoms with Crippen LogP contribution in [0.25, 0.3) is 17.0 Å². The van der Waals surface area contributed by atoms with Gasteiger partial charge in [-0.1, -0.05) is 0 Å². The van der Waals surface area contributed by atoms with E-state index in [-0.39, 0.29) is 47.1 Å². The van der Waals surface area contributed by atoms with Crippen molar-refractivity contribution in [1.29, 1.82) is 0 Å². The van der Waals surface area contributed by atoms with Crippen LogP contribution in [0.2, 0.25) is 0 Å². The first-order valence-electron chi connectivity index (χ1n) is 10.6. The number of pyridine rings is 1. The van der Waals surface area contributed by atoms with Crippen LogP contribution in [0.15, 0.2) is 18.3 Å². The molecule has 176 valence electrons. The molecule has 0 radical (unpaired) electrons. The average Bonchev–Trinajstić information content (AvgIpc) is 3.37. The number of hydrogen-bond donors (Lipinski definition) is 2. The minimum absolute atomic E-state index is 0.00581. The summed E-state index contributed by atoms with van der Waals surface area (Å²) in [7, 11) is -2.13. The Morgan fingerprint density at radius 3 is 2.79 bits per heavy atom. The number of nitrogens with zero attached hydrogens (tertiary/aromatic N) is 5. The molecule has 0 aliphatic carbocycles. The summed E-state index contributed by atoms with van der Waals surface area (Å²) >= 11 is 0. The smallest absolute Gasteiger partial charge is 0.236 e. The zero-order chi connectivity index (χ0) is 23.2. The molecule has 5 heterocycles. The van der Waals surface area contributed by atoms with E-state index in [0.717, 1.165) is 25.5 Å². The molecule has 0 bridgehead atoms. The lowest BCUT2D eigenvalue weighted by Gasteiger charge is -2.24. The van der Waals surface area contributed by atoms with E-state index in [1.807, 2.05) is 0 Å². The van der Waals surface area contributed by atoms with Crippen molar-refractivity contribution >= 4 is 27.3 Å². The van der Waals surface area contributed by atoms with Gasteiger partial charge in [-0.3, -0.25) is 0 Å². The van der Waals surface area contributed by atoms with E-state index in [4.69, 9.17) is 4.74 Å². The number of imidazole rings is 1. The Kier molecular flexibility index (Phi) is 5.52. The van der Waals surface area contributed by atoms with Gasteiger partial charge in [0.15, 0.2) is 28.8 Å². The van der Waals surface area contributed by atoms with Gasteiger partial charge in [0.05, 0.1) is 19.1 Å². The molecule has 3 aromatic rings. The molecule has 2 N–H and O–H groups in total. The zero-order valence-electron chi connectivity index (χ0n) is 17.9. The van der Waals surface area contributed by atoms with Crippen LogP contribution in [-0.4, -0.2) is 66.5 Å². The lowest BCUT2D eigenvalue weighted by atomic mass is 10.1. The number of nitrogens with one attached hydrogen (secondary N) is 2. The summed E-state index contributed by atoms with van der Waals surface area (Å²) < 4.78 is 62.0. The van der Waals surface area contributed by atoms with Crippen molar-refractivity contribution in [2.24, 2.45) is 0 Å². The third-order valence-corrected chi connectivity index (χ3v) is 7.64. The summed E-state index contributed by atoms with van der Waals surface area (Å²) in [4.78, 5) is 8.44. The van der Waals surface area contributed by atoms with E-state index >= 15 is 0 Å². The fourth-order valence-electron chi connectivity index (χ4n) is 4.17. The summed E-state index contributed by atoms with van der Waals surface area (Å²) in [5, 5.41) is 10.7. The molecule has 2 saturated heterocycles. The van der Waals surface area contributed by atoms with Crippen molar-refractivity contribution in [3.63, 3.8) is 0 Å². The van der Waals surface area contributed by atoms with Crippen molar-refractivity contribution < 1.29 is 21.9 Å². The molecule has 33 heavy (non-hydrogen) atoms. The third kappa shape index (κ3) is 3.95. The number of halogens is 2. The van der Waals surface area contributed by atoms with Crippen molar-refractivity contribution in [2.45, 2.75) is 25.3 Å². The molecular formula is C20H23F2N7O3S. The van der Waals surface area contributed by atoms with Gasteiger partial charge >= 0.3 is 0 Å². The summed E-state index contributed by atoms with van der Waals surface area (Å²) in [6.45, 7) is 1.81. The highest BCUT2D eigenvalue weighted by Crippen LogP contribution is 2.34. The number of piperidine rings is 1. The number of ether oxygens (including phenoxy) is 1. The molecule has 3 aromatic heterocycles. The number of anilines is 2. The highest BCUT2D eigenvalue weighted by atomic mass is 32.2. The van der Waals surface area contributed by atoms with Crippen LogP contribution in [0.4, 0.5) is 20.4 Å². The molecule has 0 spiro atoms. The minimum Gasteiger partial charge on any atom is -0.493 e. The average molecular weight is 480 g/mol. The lowest BCUT2D eigenvalue weighted by molar-refractivity contribution is 0.413. The highest BCUT2D eigenvalue weighted by Gasteiger charge is 2.33. The molecular weight excluding hydrogens is 456 g/mol. The largest absolute Gasteiger partial charge is 0.493 e. The molecule has 2 aliphatic rings. The Morgan fingerprint density at radius 1 is 1.24 bits per heavy atom. The lowest BCUT2D eigenvalue weighted by Crippen LogP contribution is -2.38. The molecule has 0 saturated carbocycles. The van der Waals surface area contributed by atoms with Crippen LogP contribution >= 0.6 is 0 Å². The van der Waals surface area contributed by atoms with E-state index in [9.17, 15) is 17.2 Å². The van der Waals surface area contributed by atoms with Gasteiger partial charge in [0.25, 0.3) is 0 Å². The van der Waals surface area contributed by atoms with E-state index < -0.39 is 21.7 Å². The molecule has 13 heteroatoms. The SMILES string of the molecule is COc1cc2ncc(-c3nc(N[C@@H]4CCCNC4)c(F)cc3F)n2nc1N1CCCS1(=O)=O. The van der Waals surface area contributed by atoms with Gasteiger partial charge in [-0.05, 0) is 25.8 Å². The summed E-state index contributed by atoms with van der Waals surface area (Å²) in [6.07, 6.45) is 3.60. The van der Waals surface area contributed by atoms with E-state index in [2.05, 4.69) is 25.7 Å². The Bertz CT molecular complexity index is 1310. The number of fused-ring (bicyclic) bond motifs is 1. The Balaban J connectivity index is 1.60. The number of sulfonamides is 1. The standard InChI is InChI=1S/C20H23F2N7O3S/c1-32-16-9-17-24-11-15(29(17)27-20(16)28-6-3-7-33(28,30)31)18-13(21)8-14(22)19(26-18)25-12-4-2-5-23-10-12/h8-9,11-12,23H,2-7,10H2,1H3,(H,25,26)/t12-/m1/s1. The summed E-state index contributed by atoms with van der Waals surface area (Å²) in [6, 6.07) is 2.26. The van der Waals surface area contributed by atoms with Gasteiger partial charge < -0.3 is 15.4 Å². The molecule has 0 amide bonds. The van der Waals surface area contributed by atoms with E-state index in [1.165, 1.54) is 28.2 Å². The maximum Gasteiger partial charge on any atom is 0.236 e. The predicted octanol–water partition coefficient (Wildman–Crippen LogP) is 1.78. The molecule has 0 aromatic carbocycles. The van der Waals surface area contributed by atoms with E-state index in [1.54, 1.807) is 0 Å². The van der Waals surface area contributed by atoms with E-state index in [0.29, 0.717) is 18.6 Å². The number of hydrogen-bond acceptors (Lipinski definition) is 8. The fourth-order valence-corrected chi connectivity index (χ4v) is 5.68. The fraction of sp³-hybridized carbons (Fsp3) is 0.450. The van der Waals surface area contributed by atoms with Crippen LogP contribution < -0.4 is 19.7 Å². The molecule has 1 atom stereocenters. The Hall–Kier alpha value is -3.06. The Morgan fingerprint density at radius 2 is 2.09 bits per heavy atom. The monoisotopic (exact) mass is 479 g/mol. The molecule has 0 unspecified atom stereocenters. The topological polar surface area (TPSA) is 114 Å². The van der Waals surface area contributed by atoms with Crippen LogP contribution in [-0.2, 0) is 10.0 Å². The maximum absolute atomic E-state index is 14.8. The second-order valence-electron chi connectivity index (χ2n) is 8.03. The first-order valence-corrected chi connectivity index (χ1v) is 12.2. The van der Waals surface area contributed by atoms with Crippen molar-refractivity contribution in [3.05, 3.63) is 30.0 Å².